The molecule has 1 saturated carbocycles. The summed E-state index contributed by atoms with van der Waals surface area (Å²) in [6.07, 6.45) is 6.08. The molecule has 0 bridgehead atoms. The smallest absolute Gasteiger partial charge is 0.261 e. The number of carbonyl (C=O) groups is 1. The quantitative estimate of drug-likeness (QED) is 0.534. The van der Waals surface area contributed by atoms with Gasteiger partial charge in [0.1, 0.15) is 11.3 Å². The van der Waals surface area contributed by atoms with E-state index in [0.717, 1.165) is 0 Å². The van der Waals surface area contributed by atoms with Crippen LogP contribution in [0, 0.1) is 0 Å². The first-order chi connectivity index (χ1) is 14.9. The zero-order chi connectivity index (χ0) is 22.0. The van der Waals surface area contributed by atoms with Crippen molar-refractivity contribution in [2.45, 2.75) is 49.8 Å². The van der Waals surface area contributed by atoms with Gasteiger partial charge in [-0.25, -0.2) is 13.4 Å². The van der Waals surface area contributed by atoms with Crippen molar-refractivity contribution in [3.8, 4) is 5.75 Å². The fraction of sp³-hybridized carbons (Fsp3) is 0.364. The van der Waals surface area contributed by atoms with Crippen LogP contribution in [0.5, 0.6) is 5.75 Å². The zero-order valence-corrected chi connectivity index (χ0v) is 19.1. The lowest BCUT2D eigenvalue weighted by molar-refractivity contribution is -0.114. The highest BCUT2D eigenvalue weighted by Gasteiger charge is 2.20. The SMILES string of the molecule is COc1cc(NS(=O)(=O)c2ccc(C3CCCCC3)cc2)cc2sc(NC(C)=O)nc12. The fourth-order valence-corrected chi connectivity index (χ4v) is 6.00. The molecule has 164 valence electrons. The van der Waals surface area contributed by atoms with Gasteiger partial charge < -0.3 is 10.1 Å². The number of fused-ring (bicyclic) bond motifs is 1. The van der Waals surface area contributed by atoms with Crippen LogP contribution in [0.3, 0.4) is 0 Å². The normalized spacial score (nSPS) is 15.0. The highest BCUT2D eigenvalue weighted by atomic mass is 32.2. The third kappa shape index (κ3) is 4.83. The standard InChI is InChI=1S/C22H25N3O4S2/c1-14(26)23-22-24-21-19(29-2)12-17(13-20(21)30-22)25-31(27,28)18-10-8-16(9-11-18)15-6-4-3-5-7-15/h8-13,15,25H,3-7H2,1-2H3,(H,23,24,26). The van der Waals surface area contributed by atoms with Gasteiger partial charge in [0.2, 0.25) is 5.91 Å². The first kappa shape index (κ1) is 21.6. The Balaban J connectivity index is 1.59. The minimum Gasteiger partial charge on any atom is -0.494 e. The molecular weight excluding hydrogens is 434 g/mol. The molecule has 1 aromatic heterocycles. The average Bonchev–Trinajstić information content (AvgIpc) is 3.15. The van der Waals surface area contributed by atoms with Crippen molar-refractivity contribution in [2.75, 3.05) is 17.1 Å². The van der Waals surface area contributed by atoms with Gasteiger partial charge in [-0.3, -0.25) is 9.52 Å². The zero-order valence-electron chi connectivity index (χ0n) is 17.5. The molecule has 0 radical (unpaired) electrons. The van der Waals surface area contributed by atoms with Crippen LogP contribution < -0.4 is 14.8 Å². The van der Waals surface area contributed by atoms with E-state index in [-0.39, 0.29) is 10.8 Å². The number of rotatable bonds is 6. The molecule has 0 atom stereocenters. The van der Waals surface area contributed by atoms with Crippen LogP contribution in [0.25, 0.3) is 10.2 Å². The minimum atomic E-state index is -3.76. The van der Waals surface area contributed by atoms with E-state index in [4.69, 9.17) is 4.74 Å². The molecule has 2 N–H and O–H groups in total. The molecule has 31 heavy (non-hydrogen) atoms. The second-order valence-electron chi connectivity index (χ2n) is 7.73. The van der Waals surface area contributed by atoms with Gasteiger partial charge in [0.25, 0.3) is 10.0 Å². The lowest BCUT2D eigenvalue weighted by Crippen LogP contribution is -2.13. The molecule has 0 spiro atoms. The highest BCUT2D eigenvalue weighted by molar-refractivity contribution is 7.92. The third-order valence-electron chi connectivity index (χ3n) is 5.48. The second kappa shape index (κ2) is 8.84. The van der Waals surface area contributed by atoms with Crippen molar-refractivity contribution in [1.29, 1.82) is 0 Å². The van der Waals surface area contributed by atoms with Crippen molar-refractivity contribution < 1.29 is 17.9 Å². The maximum absolute atomic E-state index is 13.0. The lowest BCUT2D eigenvalue weighted by atomic mass is 9.84. The van der Waals surface area contributed by atoms with Crippen molar-refractivity contribution in [3.63, 3.8) is 0 Å². The highest BCUT2D eigenvalue weighted by Crippen LogP contribution is 2.36. The summed E-state index contributed by atoms with van der Waals surface area (Å²) >= 11 is 1.25. The molecule has 0 unspecified atom stereocenters. The molecule has 1 heterocycles. The van der Waals surface area contributed by atoms with Crippen LogP contribution in [0.1, 0.15) is 50.5 Å². The van der Waals surface area contributed by atoms with Crippen LogP contribution in [-0.4, -0.2) is 26.4 Å². The topological polar surface area (TPSA) is 97.4 Å². The van der Waals surface area contributed by atoms with E-state index in [0.29, 0.717) is 32.7 Å². The molecule has 3 aromatic rings. The number of anilines is 2. The Hall–Kier alpha value is -2.65. The molecule has 1 aliphatic carbocycles. The van der Waals surface area contributed by atoms with Crippen LogP contribution in [-0.2, 0) is 14.8 Å². The van der Waals surface area contributed by atoms with E-state index < -0.39 is 10.0 Å². The van der Waals surface area contributed by atoms with Crippen LogP contribution in [0.15, 0.2) is 41.3 Å². The molecule has 2 aromatic carbocycles. The van der Waals surface area contributed by atoms with E-state index in [9.17, 15) is 13.2 Å². The molecule has 0 saturated heterocycles. The first-order valence-electron chi connectivity index (χ1n) is 10.2. The summed E-state index contributed by atoms with van der Waals surface area (Å²) in [7, 11) is -2.26. The Kier molecular flexibility index (Phi) is 6.15. The Morgan fingerprint density at radius 2 is 1.84 bits per heavy atom. The van der Waals surface area contributed by atoms with E-state index in [1.165, 1.54) is 63.0 Å². The lowest BCUT2D eigenvalue weighted by Gasteiger charge is -2.22. The van der Waals surface area contributed by atoms with Gasteiger partial charge in [-0.2, -0.15) is 0 Å². The van der Waals surface area contributed by atoms with Crippen LogP contribution >= 0.6 is 11.3 Å². The number of methoxy groups -OCH3 is 1. The van der Waals surface area contributed by atoms with Gasteiger partial charge >= 0.3 is 0 Å². The number of amides is 1. The van der Waals surface area contributed by atoms with Gasteiger partial charge in [0, 0.05) is 13.0 Å². The number of hydrogen-bond acceptors (Lipinski definition) is 6. The number of thiazole rings is 1. The minimum absolute atomic E-state index is 0.217. The number of sulfonamides is 1. The van der Waals surface area contributed by atoms with Gasteiger partial charge in [-0.05, 0) is 42.5 Å². The van der Waals surface area contributed by atoms with E-state index in [1.54, 1.807) is 24.3 Å². The van der Waals surface area contributed by atoms with Gasteiger partial charge in [-0.15, -0.1) is 0 Å². The van der Waals surface area contributed by atoms with Crippen LogP contribution in [0.4, 0.5) is 10.8 Å². The van der Waals surface area contributed by atoms with E-state index in [1.807, 2.05) is 12.1 Å². The molecule has 7 nitrogen and oxygen atoms in total. The Morgan fingerprint density at radius 1 is 1.13 bits per heavy atom. The van der Waals surface area contributed by atoms with Crippen LogP contribution in [0.2, 0.25) is 0 Å². The molecule has 1 amide bonds. The number of nitrogens with zero attached hydrogens (tertiary/aromatic N) is 1. The van der Waals surface area contributed by atoms with Crippen molar-refractivity contribution in [1.82, 2.24) is 4.98 Å². The number of carbonyl (C=O) groups excluding carboxylic acids is 1. The number of aromatic nitrogens is 1. The maximum Gasteiger partial charge on any atom is 0.261 e. The molecule has 1 aliphatic rings. The monoisotopic (exact) mass is 459 g/mol. The summed E-state index contributed by atoms with van der Waals surface area (Å²) in [5, 5.41) is 3.08. The molecular formula is C22H25N3O4S2. The van der Waals surface area contributed by atoms with Crippen molar-refractivity contribution >= 4 is 48.3 Å². The molecule has 9 heteroatoms. The average molecular weight is 460 g/mol. The predicted molar refractivity (Wildman–Crippen MR) is 124 cm³/mol. The second-order valence-corrected chi connectivity index (χ2v) is 10.4. The Morgan fingerprint density at radius 3 is 2.48 bits per heavy atom. The van der Waals surface area contributed by atoms with Crippen molar-refractivity contribution in [2.24, 2.45) is 0 Å². The van der Waals surface area contributed by atoms with E-state index >= 15 is 0 Å². The number of hydrogen-bond donors (Lipinski definition) is 2. The number of nitrogens with one attached hydrogen (secondary N) is 2. The summed E-state index contributed by atoms with van der Waals surface area (Å²) in [6.45, 7) is 1.41. The fourth-order valence-electron chi connectivity index (χ4n) is 3.99. The number of benzene rings is 2. The Bertz CT molecular complexity index is 1200. The van der Waals surface area contributed by atoms with Crippen molar-refractivity contribution in [3.05, 3.63) is 42.0 Å². The Labute approximate surface area is 185 Å². The van der Waals surface area contributed by atoms with Gasteiger partial charge in [0.15, 0.2) is 5.13 Å². The summed E-state index contributed by atoms with van der Waals surface area (Å²) in [5.74, 6) is 0.723. The van der Waals surface area contributed by atoms with E-state index in [2.05, 4.69) is 15.0 Å². The number of ether oxygens (including phenoxy) is 1. The molecule has 0 aliphatic heterocycles. The summed E-state index contributed by atoms with van der Waals surface area (Å²) in [4.78, 5) is 15.9. The first-order valence-corrected chi connectivity index (χ1v) is 12.5. The summed E-state index contributed by atoms with van der Waals surface area (Å²) in [6, 6.07) is 10.5. The summed E-state index contributed by atoms with van der Waals surface area (Å²) in [5.41, 5.74) is 2.15. The predicted octanol–water partition coefficient (Wildman–Crippen LogP) is 5.11. The third-order valence-corrected chi connectivity index (χ3v) is 7.80. The molecule has 4 rings (SSSR count). The molecule has 1 fully saturated rings. The van der Waals surface area contributed by atoms with Gasteiger partial charge in [-0.1, -0.05) is 42.7 Å². The maximum atomic E-state index is 13.0. The largest absolute Gasteiger partial charge is 0.494 e. The summed E-state index contributed by atoms with van der Waals surface area (Å²) < 4.78 is 34.6. The van der Waals surface area contributed by atoms with Gasteiger partial charge in [0.05, 0.1) is 22.4 Å².